The van der Waals surface area contributed by atoms with Gasteiger partial charge in [0.05, 0.1) is 11.6 Å². The minimum absolute atomic E-state index is 0.291. The van der Waals surface area contributed by atoms with Crippen LogP contribution in [0.5, 0.6) is 0 Å². The van der Waals surface area contributed by atoms with E-state index in [1.165, 1.54) is 0 Å². The van der Waals surface area contributed by atoms with E-state index in [9.17, 15) is 9.90 Å². The summed E-state index contributed by atoms with van der Waals surface area (Å²) in [6.07, 6.45) is 1.07. The summed E-state index contributed by atoms with van der Waals surface area (Å²) >= 11 is 0. The topological polar surface area (TPSA) is 56.7 Å². The van der Waals surface area contributed by atoms with Crippen molar-refractivity contribution >= 4 is 22.6 Å². The van der Waals surface area contributed by atoms with Crippen LogP contribution in [0.25, 0.3) is 33.4 Å². The number of hydrogen-bond acceptors (Lipinski definition) is 3. The van der Waals surface area contributed by atoms with E-state index >= 15 is 0 Å². The highest BCUT2D eigenvalue weighted by Crippen LogP contribution is 2.41. The van der Waals surface area contributed by atoms with Gasteiger partial charge in [0.1, 0.15) is 24.9 Å². The van der Waals surface area contributed by atoms with Gasteiger partial charge in [-0.25, -0.2) is 9.37 Å². The molecule has 0 fully saturated rings. The zero-order chi connectivity index (χ0) is 23.0. The maximum atomic E-state index is 11.5. The molecule has 2 aromatic rings. The monoisotopic (exact) mass is 429 g/mol. The van der Waals surface area contributed by atoms with Crippen molar-refractivity contribution in [1.82, 2.24) is 4.58 Å². The van der Waals surface area contributed by atoms with E-state index in [4.69, 9.17) is 4.42 Å². The molecule has 0 spiro atoms. The zero-order valence-electron chi connectivity index (χ0n) is 19.3. The minimum atomic E-state index is -0.920. The standard InChI is InChI=1S/C27H28N2O3/c1-6-13-29(5)20-9-12-23-25(16-20)32-24-15-19(28(3)4)8-11-22(24)26(23)21-10-7-18(27(30)31)14-17(21)2/h7-12,14-16H,6,13H2,1-5H3/p+1. The summed E-state index contributed by atoms with van der Waals surface area (Å²) in [4.78, 5) is 13.5. The molecule has 1 aliphatic carbocycles. The predicted octanol–water partition coefficient (Wildman–Crippen LogP) is 5.09. The number of carbonyl (C=O) groups is 1. The summed E-state index contributed by atoms with van der Waals surface area (Å²) in [6, 6.07) is 17.9. The molecule has 1 heterocycles. The maximum Gasteiger partial charge on any atom is 0.335 e. The Balaban J connectivity index is 2.09. The van der Waals surface area contributed by atoms with Gasteiger partial charge in [0, 0.05) is 54.8 Å². The molecule has 32 heavy (non-hydrogen) atoms. The van der Waals surface area contributed by atoms with E-state index in [-0.39, 0.29) is 0 Å². The highest BCUT2D eigenvalue weighted by Gasteiger charge is 2.20. The van der Waals surface area contributed by atoms with Crippen molar-refractivity contribution in [3.8, 4) is 22.5 Å². The third kappa shape index (κ3) is 3.86. The molecular formula is C27H29N2O3+. The van der Waals surface area contributed by atoms with Crippen LogP contribution in [0, 0.1) is 6.92 Å². The van der Waals surface area contributed by atoms with Crippen molar-refractivity contribution in [3.05, 3.63) is 71.1 Å². The molecule has 5 nitrogen and oxygen atoms in total. The number of fused-ring (bicyclic) bond motifs is 2. The summed E-state index contributed by atoms with van der Waals surface area (Å²) in [6.45, 7) is 5.09. The average molecular weight is 430 g/mol. The molecule has 0 radical (unpaired) electrons. The van der Waals surface area contributed by atoms with Gasteiger partial charge in [0.15, 0.2) is 0 Å². The van der Waals surface area contributed by atoms with Crippen LogP contribution in [0.3, 0.4) is 0 Å². The number of nitrogens with zero attached hydrogens (tertiary/aromatic N) is 2. The van der Waals surface area contributed by atoms with E-state index in [2.05, 4.69) is 59.8 Å². The Morgan fingerprint density at radius 3 is 2.44 bits per heavy atom. The van der Waals surface area contributed by atoms with Gasteiger partial charge in [0.25, 0.3) is 0 Å². The first-order valence-corrected chi connectivity index (χ1v) is 10.9. The second-order valence-electron chi connectivity index (χ2n) is 8.49. The molecule has 0 amide bonds. The van der Waals surface area contributed by atoms with Crippen LogP contribution in [0.1, 0.15) is 29.3 Å². The SMILES string of the molecule is CCC/[N+](C)=c1\ccc2c(-c3ccc(C(=O)O)cc3C)c3ccc(N(C)C)cc3oc-2c1. The lowest BCUT2D eigenvalue weighted by atomic mass is 9.90. The molecule has 0 saturated heterocycles. The predicted molar refractivity (Wildman–Crippen MR) is 131 cm³/mol. The Kier molecular flexibility index (Phi) is 5.74. The number of anilines is 1. The third-order valence-electron chi connectivity index (χ3n) is 5.95. The largest absolute Gasteiger partial charge is 0.478 e. The van der Waals surface area contributed by atoms with Crippen LogP contribution < -0.4 is 14.8 Å². The normalized spacial score (nSPS) is 12.3. The number of benzene rings is 3. The fourth-order valence-corrected chi connectivity index (χ4v) is 4.22. The minimum Gasteiger partial charge on any atom is -0.478 e. The van der Waals surface area contributed by atoms with Crippen molar-refractivity contribution in [2.75, 3.05) is 32.6 Å². The van der Waals surface area contributed by atoms with Gasteiger partial charge >= 0.3 is 5.97 Å². The molecule has 0 atom stereocenters. The number of hydrogen-bond donors (Lipinski definition) is 1. The molecule has 2 aliphatic rings. The first-order valence-electron chi connectivity index (χ1n) is 10.9. The highest BCUT2D eigenvalue weighted by molar-refractivity contribution is 6.03. The zero-order valence-corrected chi connectivity index (χ0v) is 19.3. The lowest BCUT2D eigenvalue weighted by molar-refractivity contribution is 0.0697. The average Bonchev–Trinajstić information content (AvgIpc) is 2.77. The number of carboxylic acid groups (broad SMARTS) is 1. The van der Waals surface area contributed by atoms with Gasteiger partial charge in [-0.15, -0.1) is 0 Å². The Morgan fingerprint density at radius 2 is 1.78 bits per heavy atom. The lowest BCUT2D eigenvalue weighted by Gasteiger charge is -2.19. The van der Waals surface area contributed by atoms with Gasteiger partial charge in [-0.3, -0.25) is 0 Å². The summed E-state index contributed by atoms with van der Waals surface area (Å²) in [5, 5.41) is 11.5. The van der Waals surface area contributed by atoms with Crippen LogP contribution in [0.2, 0.25) is 0 Å². The van der Waals surface area contributed by atoms with Gasteiger partial charge < -0.3 is 14.4 Å². The van der Waals surface area contributed by atoms with Crippen LogP contribution in [-0.4, -0.2) is 38.8 Å². The smallest absolute Gasteiger partial charge is 0.335 e. The van der Waals surface area contributed by atoms with E-state index in [0.29, 0.717) is 5.56 Å². The molecule has 0 unspecified atom stereocenters. The number of carboxylic acids is 1. The number of aromatic carboxylic acids is 1. The first-order chi connectivity index (χ1) is 15.3. The van der Waals surface area contributed by atoms with Crippen molar-refractivity contribution < 1.29 is 14.3 Å². The molecule has 2 aromatic carbocycles. The summed E-state index contributed by atoms with van der Waals surface area (Å²) in [5.74, 6) is -0.109. The van der Waals surface area contributed by atoms with Crippen LogP contribution in [0.4, 0.5) is 5.69 Å². The first kappa shape index (κ1) is 21.6. The van der Waals surface area contributed by atoms with Gasteiger partial charge in [-0.1, -0.05) is 13.0 Å². The molecule has 1 N–H and O–H groups in total. The second kappa shape index (κ2) is 8.50. The molecule has 164 valence electrons. The summed E-state index contributed by atoms with van der Waals surface area (Å²) in [7, 11) is 6.11. The molecule has 1 aliphatic heterocycles. The second-order valence-corrected chi connectivity index (χ2v) is 8.49. The van der Waals surface area contributed by atoms with E-state index in [0.717, 1.165) is 63.0 Å². The molecule has 5 heteroatoms. The molecule has 0 bridgehead atoms. The van der Waals surface area contributed by atoms with Crippen LogP contribution in [-0.2, 0) is 0 Å². The third-order valence-corrected chi connectivity index (χ3v) is 5.95. The molecule has 4 rings (SSSR count). The van der Waals surface area contributed by atoms with Crippen LogP contribution in [0.15, 0.2) is 59.0 Å². The van der Waals surface area contributed by atoms with E-state index in [1.807, 2.05) is 27.1 Å². The summed E-state index contributed by atoms with van der Waals surface area (Å²) in [5.41, 5.74) is 6.15. The number of aryl methyl sites for hydroxylation is 1. The fourth-order valence-electron chi connectivity index (χ4n) is 4.22. The van der Waals surface area contributed by atoms with Crippen molar-refractivity contribution in [1.29, 1.82) is 0 Å². The Morgan fingerprint density at radius 1 is 1.03 bits per heavy atom. The van der Waals surface area contributed by atoms with Crippen LogP contribution >= 0.6 is 0 Å². The van der Waals surface area contributed by atoms with E-state index < -0.39 is 5.97 Å². The molecule has 0 saturated carbocycles. The van der Waals surface area contributed by atoms with Crippen molar-refractivity contribution in [3.63, 3.8) is 0 Å². The summed E-state index contributed by atoms with van der Waals surface area (Å²) < 4.78 is 8.65. The van der Waals surface area contributed by atoms with Gasteiger partial charge in [0.2, 0.25) is 5.36 Å². The van der Waals surface area contributed by atoms with Crippen molar-refractivity contribution in [2.24, 2.45) is 0 Å². The Bertz CT molecular complexity index is 1370. The lowest BCUT2D eigenvalue weighted by Crippen LogP contribution is -2.26. The fraction of sp³-hybridized carbons (Fsp3) is 0.259. The maximum absolute atomic E-state index is 11.5. The Labute approximate surface area is 188 Å². The Hall–Kier alpha value is -3.60. The quantitative estimate of drug-likeness (QED) is 0.355. The van der Waals surface area contributed by atoms with Gasteiger partial charge in [-0.05, 0) is 48.4 Å². The highest BCUT2D eigenvalue weighted by atomic mass is 16.4. The van der Waals surface area contributed by atoms with Gasteiger partial charge in [-0.2, -0.15) is 0 Å². The molecule has 0 aromatic heterocycles. The van der Waals surface area contributed by atoms with Crippen molar-refractivity contribution in [2.45, 2.75) is 20.3 Å². The molecular weight excluding hydrogens is 400 g/mol. The van der Waals surface area contributed by atoms with E-state index in [1.54, 1.807) is 12.1 Å². The number of rotatable bonds is 5.